The predicted molar refractivity (Wildman–Crippen MR) is 104 cm³/mol. The Hall–Kier alpha value is -1.44. The van der Waals surface area contributed by atoms with Crippen LogP contribution in [0.1, 0.15) is 43.2 Å². The molecule has 0 bridgehead atoms. The zero-order chi connectivity index (χ0) is 19.4. The topological polar surface area (TPSA) is 75.7 Å². The lowest BCUT2D eigenvalue weighted by atomic mass is 9.97. The maximum Gasteiger partial charge on any atom is 0.243 e. The van der Waals surface area contributed by atoms with Crippen LogP contribution in [0.2, 0.25) is 0 Å². The molecule has 0 radical (unpaired) electrons. The van der Waals surface area contributed by atoms with E-state index in [4.69, 9.17) is 4.74 Å². The molecule has 2 aliphatic heterocycles. The molecule has 1 atom stereocenters. The van der Waals surface area contributed by atoms with Gasteiger partial charge in [0.15, 0.2) is 0 Å². The van der Waals surface area contributed by atoms with Crippen molar-refractivity contribution in [2.75, 3.05) is 26.2 Å². The minimum atomic E-state index is -3.50. The van der Waals surface area contributed by atoms with E-state index in [1.807, 2.05) is 26.0 Å². The second-order valence-electron chi connectivity index (χ2n) is 7.66. The summed E-state index contributed by atoms with van der Waals surface area (Å²) in [6.07, 6.45) is 4.43. The number of piperidine rings is 1. The lowest BCUT2D eigenvalue weighted by Crippen LogP contribution is -2.43. The Morgan fingerprint density at radius 2 is 1.96 bits per heavy atom. The van der Waals surface area contributed by atoms with Crippen molar-refractivity contribution < 1.29 is 17.9 Å². The highest BCUT2D eigenvalue weighted by atomic mass is 32.2. The first-order chi connectivity index (χ1) is 12.9. The number of hydrogen-bond donors (Lipinski definition) is 1. The number of carbonyl (C=O) groups is 1. The number of nitrogens with zero attached hydrogens (tertiary/aromatic N) is 1. The van der Waals surface area contributed by atoms with E-state index in [1.165, 1.54) is 4.31 Å². The van der Waals surface area contributed by atoms with Crippen LogP contribution in [0, 0.1) is 19.8 Å². The van der Waals surface area contributed by atoms with E-state index in [2.05, 4.69) is 5.32 Å². The maximum atomic E-state index is 12.9. The molecule has 0 aliphatic carbocycles. The first-order valence-corrected chi connectivity index (χ1v) is 11.3. The second-order valence-corrected chi connectivity index (χ2v) is 9.57. The number of rotatable bonds is 6. The van der Waals surface area contributed by atoms with Crippen LogP contribution in [0.5, 0.6) is 0 Å². The third-order valence-corrected chi connectivity index (χ3v) is 7.62. The first-order valence-electron chi connectivity index (χ1n) is 9.84. The van der Waals surface area contributed by atoms with Crippen molar-refractivity contribution in [3.8, 4) is 0 Å². The second kappa shape index (κ2) is 8.71. The Morgan fingerprint density at radius 1 is 1.22 bits per heavy atom. The quantitative estimate of drug-likeness (QED) is 0.804. The molecule has 150 valence electrons. The van der Waals surface area contributed by atoms with Gasteiger partial charge in [-0.2, -0.15) is 4.31 Å². The number of aryl methyl sites for hydroxylation is 2. The molecule has 1 aromatic carbocycles. The summed E-state index contributed by atoms with van der Waals surface area (Å²) in [5, 5.41) is 2.99. The zero-order valence-electron chi connectivity index (χ0n) is 16.2. The lowest BCUT2D eigenvalue weighted by molar-refractivity contribution is -0.126. The summed E-state index contributed by atoms with van der Waals surface area (Å²) >= 11 is 0. The highest BCUT2D eigenvalue weighted by molar-refractivity contribution is 7.89. The van der Waals surface area contributed by atoms with Crippen molar-refractivity contribution in [3.63, 3.8) is 0 Å². The van der Waals surface area contributed by atoms with Gasteiger partial charge in [-0.1, -0.05) is 17.7 Å². The molecule has 1 amide bonds. The van der Waals surface area contributed by atoms with Gasteiger partial charge in [-0.3, -0.25) is 4.79 Å². The molecule has 1 aromatic rings. The molecular formula is C20H30N2O4S. The fraction of sp³-hybridized carbons (Fsp3) is 0.650. The minimum absolute atomic E-state index is 0.0385. The van der Waals surface area contributed by atoms with E-state index >= 15 is 0 Å². The van der Waals surface area contributed by atoms with Crippen molar-refractivity contribution in [2.24, 2.45) is 5.92 Å². The summed E-state index contributed by atoms with van der Waals surface area (Å²) in [5.74, 6) is -0.0726. The Kier molecular flexibility index (Phi) is 6.55. The highest BCUT2D eigenvalue weighted by Crippen LogP contribution is 2.26. The van der Waals surface area contributed by atoms with Gasteiger partial charge in [-0.25, -0.2) is 8.42 Å². The fourth-order valence-electron chi connectivity index (χ4n) is 3.96. The molecule has 2 heterocycles. The third kappa shape index (κ3) is 4.89. The van der Waals surface area contributed by atoms with Crippen LogP contribution < -0.4 is 5.32 Å². The van der Waals surface area contributed by atoms with E-state index in [-0.39, 0.29) is 17.9 Å². The maximum absolute atomic E-state index is 12.9. The molecule has 0 saturated carbocycles. The highest BCUT2D eigenvalue weighted by Gasteiger charge is 2.32. The number of carbonyl (C=O) groups excluding carboxylic acids is 1. The molecule has 2 saturated heterocycles. The normalized spacial score (nSPS) is 22.1. The Balaban J connectivity index is 1.50. The lowest BCUT2D eigenvalue weighted by Gasteiger charge is -2.31. The monoisotopic (exact) mass is 394 g/mol. The molecule has 2 fully saturated rings. The molecule has 6 nitrogen and oxygen atoms in total. The molecule has 1 N–H and O–H groups in total. The van der Waals surface area contributed by atoms with Crippen LogP contribution in [-0.2, 0) is 19.6 Å². The molecule has 3 rings (SSSR count). The molecule has 2 aliphatic rings. The van der Waals surface area contributed by atoms with Gasteiger partial charge in [0, 0.05) is 32.2 Å². The molecule has 0 aromatic heterocycles. The summed E-state index contributed by atoms with van der Waals surface area (Å²) in [6.45, 7) is 6.01. The van der Waals surface area contributed by atoms with Crippen molar-refractivity contribution in [1.82, 2.24) is 9.62 Å². The number of benzene rings is 1. The van der Waals surface area contributed by atoms with Gasteiger partial charge in [0.2, 0.25) is 15.9 Å². The number of hydrogen-bond acceptors (Lipinski definition) is 4. The third-order valence-electron chi connectivity index (χ3n) is 5.56. The van der Waals surface area contributed by atoms with E-state index < -0.39 is 10.0 Å². The van der Waals surface area contributed by atoms with Gasteiger partial charge < -0.3 is 10.1 Å². The average Bonchev–Trinajstić information content (AvgIpc) is 3.15. The SMILES string of the molecule is Cc1ccc(S(=O)(=O)N2CCC(C(=O)NCCC3CCCO3)CC2)c(C)c1. The van der Waals surface area contributed by atoms with Crippen LogP contribution in [0.15, 0.2) is 23.1 Å². The van der Waals surface area contributed by atoms with Gasteiger partial charge >= 0.3 is 0 Å². The Labute approximate surface area is 162 Å². The van der Waals surface area contributed by atoms with E-state index in [1.54, 1.807) is 6.07 Å². The van der Waals surface area contributed by atoms with E-state index in [0.717, 1.165) is 37.0 Å². The van der Waals surface area contributed by atoms with Gasteiger partial charge in [0.1, 0.15) is 0 Å². The smallest absolute Gasteiger partial charge is 0.243 e. The van der Waals surface area contributed by atoms with Crippen LogP contribution in [0.25, 0.3) is 0 Å². The summed E-state index contributed by atoms with van der Waals surface area (Å²) in [5.41, 5.74) is 1.81. The number of nitrogens with one attached hydrogen (secondary N) is 1. The van der Waals surface area contributed by atoms with Crippen LogP contribution in [0.3, 0.4) is 0 Å². The summed E-state index contributed by atoms with van der Waals surface area (Å²) in [7, 11) is -3.50. The predicted octanol–water partition coefficient (Wildman–Crippen LogP) is 2.39. The molecule has 0 spiro atoms. The van der Waals surface area contributed by atoms with Crippen molar-refractivity contribution in [1.29, 1.82) is 0 Å². The van der Waals surface area contributed by atoms with Crippen LogP contribution in [-0.4, -0.2) is 51.0 Å². The summed E-state index contributed by atoms with van der Waals surface area (Å²) in [6, 6.07) is 5.40. The number of sulfonamides is 1. The van der Waals surface area contributed by atoms with Gasteiger partial charge in [-0.05, 0) is 57.6 Å². The summed E-state index contributed by atoms with van der Waals surface area (Å²) < 4.78 is 32.9. The van der Waals surface area contributed by atoms with Crippen molar-refractivity contribution >= 4 is 15.9 Å². The fourth-order valence-corrected chi connectivity index (χ4v) is 5.63. The van der Waals surface area contributed by atoms with Gasteiger partial charge in [-0.15, -0.1) is 0 Å². The number of amides is 1. The molecule has 27 heavy (non-hydrogen) atoms. The van der Waals surface area contributed by atoms with Crippen molar-refractivity contribution in [3.05, 3.63) is 29.3 Å². The molecule has 1 unspecified atom stereocenters. The van der Waals surface area contributed by atoms with Gasteiger partial charge in [0.25, 0.3) is 0 Å². The largest absolute Gasteiger partial charge is 0.378 e. The zero-order valence-corrected chi connectivity index (χ0v) is 17.1. The van der Waals surface area contributed by atoms with Crippen LogP contribution in [0.4, 0.5) is 0 Å². The minimum Gasteiger partial charge on any atom is -0.378 e. The van der Waals surface area contributed by atoms with Crippen molar-refractivity contribution in [2.45, 2.75) is 57.0 Å². The molecular weight excluding hydrogens is 364 g/mol. The van der Waals surface area contributed by atoms with E-state index in [0.29, 0.717) is 37.4 Å². The standard InChI is InChI=1S/C20H30N2O4S/c1-15-5-6-19(16(2)14-15)27(24,25)22-11-8-17(9-12-22)20(23)21-10-7-18-4-3-13-26-18/h5-6,14,17-18H,3-4,7-13H2,1-2H3,(H,21,23). The van der Waals surface area contributed by atoms with Crippen LogP contribution >= 0.6 is 0 Å². The van der Waals surface area contributed by atoms with Gasteiger partial charge in [0.05, 0.1) is 11.0 Å². The average molecular weight is 395 g/mol. The summed E-state index contributed by atoms with van der Waals surface area (Å²) in [4.78, 5) is 12.7. The van der Waals surface area contributed by atoms with E-state index in [9.17, 15) is 13.2 Å². The molecule has 7 heteroatoms. The Morgan fingerprint density at radius 3 is 2.59 bits per heavy atom. The number of ether oxygens (including phenoxy) is 1. The Bertz CT molecular complexity index is 764. The first kappa shape index (κ1) is 20.3.